The van der Waals surface area contributed by atoms with Gasteiger partial charge in [0.25, 0.3) is 0 Å². The number of hydrogen-bond acceptors (Lipinski definition) is 19. The maximum atomic E-state index is 13.1. The van der Waals surface area contributed by atoms with E-state index in [2.05, 4.69) is 10.6 Å². The van der Waals surface area contributed by atoms with Crippen LogP contribution in [0.15, 0.2) is 48.5 Å². The van der Waals surface area contributed by atoms with Crippen molar-refractivity contribution < 1.29 is 98.7 Å². The monoisotopic (exact) mass is 1220 g/mol. The number of aliphatic carboxylic acids is 6. The summed E-state index contributed by atoms with van der Waals surface area (Å²) in [6, 6.07) is 13.1. The molecule has 4 rings (SSSR count). The molecule has 0 aliphatic carbocycles. The first-order valence-electron chi connectivity index (χ1n) is 27.6. The zero-order valence-electron chi connectivity index (χ0n) is 47.8. The number of hydrogen-bond donors (Lipinski definition) is 11. The third-order valence-electron chi connectivity index (χ3n) is 14.1. The van der Waals surface area contributed by atoms with E-state index in [-0.39, 0.29) is 91.6 Å². The smallest absolute Gasteiger partial charge is 0.407 e. The zero-order valence-corrected chi connectivity index (χ0v) is 47.8. The van der Waals surface area contributed by atoms with E-state index < -0.39 is 105 Å². The summed E-state index contributed by atoms with van der Waals surface area (Å²) in [5.41, 5.74) is 2.12. The molecule has 476 valence electrons. The van der Waals surface area contributed by atoms with Crippen LogP contribution in [0.1, 0.15) is 11.1 Å². The summed E-state index contributed by atoms with van der Waals surface area (Å²) in [4.78, 5) is 149. The van der Waals surface area contributed by atoms with Gasteiger partial charge in [-0.05, 0) is 35.4 Å². The minimum atomic E-state index is -1.55. The van der Waals surface area contributed by atoms with Crippen LogP contribution in [0.5, 0.6) is 0 Å². The maximum absolute atomic E-state index is 13.1. The Morgan fingerprint density at radius 2 is 0.500 bits per heavy atom. The van der Waals surface area contributed by atoms with Crippen molar-refractivity contribution in [2.45, 2.75) is 13.1 Å². The first kappa shape index (κ1) is 70.2. The number of nitrogens with one attached hydrogen (secondary N) is 2. The van der Waals surface area contributed by atoms with Gasteiger partial charge in [-0.2, -0.15) is 0 Å². The lowest BCUT2D eigenvalue weighted by Crippen LogP contribution is -2.48. The van der Waals surface area contributed by atoms with E-state index in [4.69, 9.17) is 0 Å². The van der Waals surface area contributed by atoms with Crippen LogP contribution < -0.4 is 10.6 Å². The number of anilines is 2. The van der Waals surface area contributed by atoms with Gasteiger partial charge in [0.2, 0.25) is 11.8 Å². The number of carboxylic acid groups (broad SMARTS) is 9. The second-order valence-corrected chi connectivity index (χ2v) is 20.7. The van der Waals surface area contributed by atoms with Gasteiger partial charge in [0.05, 0.1) is 39.3 Å². The number of rotatable bonds is 28. The number of benzene rings is 2. The van der Waals surface area contributed by atoms with E-state index in [1.165, 1.54) is 0 Å². The number of carboxylic acids is 6. The first-order chi connectivity index (χ1) is 40.8. The fraction of sp³-hybridized carbons (Fsp3) is 0.566. The molecule has 0 spiro atoms. The van der Waals surface area contributed by atoms with Crippen LogP contribution in [-0.4, -0.2) is 349 Å². The van der Waals surface area contributed by atoms with Crippen LogP contribution >= 0.6 is 0 Å². The van der Waals surface area contributed by atoms with Gasteiger partial charge >= 0.3 is 54.1 Å². The quantitative estimate of drug-likeness (QED) is 0.0446. The van der Waals surface area contributed by atoms with Crippen molar-refractivity contribution in [1.82, 2.24) is 53.9 Å². The average molecular weight is 1220 g/mol. The molecule has 0 aromatic heterocycles. The second kappa shape index (κ2) is 36.5. The average Bonchev–Trinajstić information content (AvgIpc) is 3.64. The number of nitrogens with zero attached hydrogens (tertiary/aromatic N) is 11. The highest BCUT2D eigenvalue weighted by Crippen LogP contribution is 2.15. The molecule has 2 aliphatic heterocycles. The fourth-order valence-electron chi connectivity index (χ4n) is 9.49. The van der Waals surface area contributed by atoms with E-state index in [0.29, 0.717) is 86.6 Å². The van der Waals surface area contributed by atoms with Crippen molar-refractivity contribution in [2.24, 2.45) is 0 Å². The largest absolute Gasteiger partial charge is 0.480 e. The minimum Gasteiger partial charge on any atom is -0.480 e. The Morgan fingerprint density at radius 3 is 0.698 bits per heavy atom. The Kier molecular flexibility index (Phi) is 29.8. The lowest BCUT2D eigenvalue weighted by molar-refractivity contribution is -0.140. The molecule has 0 unspecified atom stereocenters. The van der Waals surface area contributed by atoms with E-state index in [9.17, 15) is 98.7 Å². The molecule has 0 bridgehead atoms. The highest BCUT2D eigenvalue weighted by Gasteiger charge is 2.26. The van der Waals surface area contributed by atoms with E-state index in [1.54, 1.807) is 77.9 Å². The van der Waals surface area contributed by atoms with Crippen molar-refractivity contribution in [3.05, 3.63) is 59.7 Å². The molecule has 2 aromatic carbocycles. The van der Waals surface area contributed by atoms with Crippen LogP contribution in [0, 0.1) is 0 Å². The first-order valence-corrected chi connectivity index (χ1v) is 27.6. The SMILES string of the molecule is O=C(O)CN1CCN(CC(=O)O)CCN(Cc2ccc(NC(=O)CN(CCN(CCN(CC(=O)Nc3ccc(CN4CCN(CC(=O)O)CCN(CC(=O)O)CCN(CC(=O)O)CC4)cc3)C(=O)O)C(=O)O)C(=O)O)cc2)CCN(CC(=O)O)CC1. The van der Waals surface area contributed by atoms with Gasteiger partial charge in [-0.15, -0.1) is 0 Å². The molecular formula is C53H79N13O20. The Bertz CT molecular complexity index is 2370. The molecule has 86 heavy (non-hydrogen) atoms. The Morgan fingerprint density at radius 1 is 0.302 bits per heavy atom. The van der Waals surface area contributed by atoms with Crippen LogP contribution in [0.25, 0.3) is 0 Å². The summed E-state index contributed by atoms with van der Waals surface area (Å²) in [5, 5.41) is 92.1. The van der Waals surface area contributed by atoms with Gasteiger partial charge in [-0.3, -0.25) is 87.4 Å². The summed E-state index contributed by atoms with van der Waals surface area (Å²) in [5.74, 6) is -7.89. The van der Waals surface area contributed by atoms with E-state index >= 15 is 0 Å². The topological polar surface area (TPSA) is 430 Å². The molecule has 0 radical (unpaired) electrons. The minimum absolute atomic E-state index is 0.245. The number of carbonyl (C=O) groups excluding carboxylic acids is 2. The van der Waals surface area contributed by atoms with Crippen LogP contribution in [0.4, 0.5) is 25.8 Å². The number of carbonyl (C=O) groups is 11. The van der Waals surface area contributed by atoms with E-state index in [1.807, 2.05) is 9.80 Å². The third kappa shape index (κ3) is 28.5. The van der Waals surface area contributed by atoms with Gasteiger partial charge in [0.15, 0.2) is 0 Å². The lowest BCUT2D eigenvalue weighted by atomic mass is 10.2. The van der Waals surface area contributed by atoms with Crippen molar-refractivity contribution in [3.63, 3.8) is 0 Å². The molecule has 2 saturated heterocycles. The molecule has 0 atom stereocenters. The Hall–Kier alpha value is -8.31. The molecule has 33 nitrogen and oxygen atoms in total. The summed E-state index contributed by atoms with van der Waals surface area (Å²) in [7, 11) is 0. The van der Waals surface area contributed by atoms with Gasteiger partial charge < -0.3 is 61.5 Å². The predicted octanol–water partition coefficient (Wildman–Crippen LogP) is -1.85. The molecular weight excluding hydrogens is 1140 g/mol. The molecule has 11 N–H and O–H groups in total. The van der Waals surface area contributed by atoms with Gasteiger partial charge in [0.1, 0.15) is 13.1 Å². The van der Waals surface area contributed by atoms with Crippen molar-refractivity contribution in [2.75, 3.05) is 194 Å². The Balaban J connectivity index is 1.30. The molecule has 33 heteroatoms. The second-order valence-electron chi connectivity index (χ2n) is 20.7. The number of amides is 5. The standard InChI is InChI=1S/C53H79N13O20/c67-43(54-41-5-1-39(2-6-41)29-56-9-13-58(33-45(69)70)17-21-62(37-49(77)78)22-18-59(14-10-56)34-46(71)72)31-65(52(83)84)27-25-64(51(81)82)26-28-66(53(85)86)32-44(68)55-42-7-3-40(4-8-42)30-57-11-15-60(35-47(73)74)19-23-63(38-50(79)80)24-20-61(16-12-57)36-48(75)76/h1-8H,9-38H2,(H,54,67)(H,55,68)(H,69,70)(H,71,72)(H,73,74)(H,75,76)(H,77,78)(H,79,80)(H,81,82)(H,83,84)(H,85,86). The van der Waals surface area contributed by atoms with Crippen molar-refractivity contribution >= 4 is 77.3 Å². The van der Waals surface area contributed by atoms with Gasteiger partial charge in [0, 0.05) is 155 Å². The van der Waals surface area contributed by atoms with Crippen LogP contribution in [0.3, 0.4) is 0 Å². The summed E-state index contributed by atoms with van der Waals surface area (Å²) in [6.07, 6.45) is -4.64. The Labute approximate surface area is 495 Å². The van der Waals surface area contributed by atoms with Crippen molar-refractivity contribution in [3.8, 4) is 0 Å². The normalized spacial score (nSPS) is 16.6. The van der Waals surface area contributed by atoms with E-state index in [0.717, 1.165) is 16.0 Å². The molecule has 2 heterocycles. The summed E-state index contributed by atoms with van der Waals surface area (Å²) in [6.45, 7) is 0.269. The molecule has 0 saturated carbocycles. The molecule has 2 aliphatic rings. The molecule has 2 aromatic rings. The van der Waals surface area contributed by atoms with Gasteiger partial charge in [-0.1, -0.05) is 24.3 Å². The zero-order chi connectivity index (χ0) is 63.3. The third-order valence-corrected chi connectivity index (χ3v) is 14.1. The predicted molar refractivity (Wildman–Crippen MR) is 304 cm³/mol. The molecule has 2 fully saturated rings. The van der Waals surface area contributed by atoms with Crippen LogP contribution in [-0.2, 0) is 51.4 Å². The maximum Gasteiger partial charge on any atom is 0.407 e. The van der Waals surface area contributed by atoms with Crippen LogP contribution in [0.2, 0.25) is 0 Å². The van der Waals surface area contributed by atoms with Crippen molar-refractivity contribution in [1.29, 1.82) is 0 Å². The fourth-order valence-corrected chi connectivity index (χ4v) is 9.49. The lowest BCUT2D eigenvalue weighted by Gasteiger charge is -2.33. The highest BCUT2D eigenvalue weighted by atomic mass is 16.4. The van der Waals surface area contributed by atoms with Gasteiger partial charge in [-0.25, -0.2) is 14.4 Å². The summed E-state index contributed by atoms with van der Waals surface area (Å²) >= 11 is 0. The molecule has 5 amide bonds. The highest BCUT2D eigenvalue weighted by molar-refractivity contribution is 5.94. The summed E-state index contributed by atoms with van der Waals surface area (Å²) < 4.78 is 0.